The molecule has 2 aromatic carbocycles. The van der Waals surface area contributed by atoms with Gasteiger partial charge in [0.05, 0.1) is 0 Å². The Hall–Kier alpha value is -1.64. The first-order chi connectivity index (χ1) is 16.8. The number of rotatable bonds is 14. The van der Waals surface area contributed by atoms with Crippen LogP contribution in [0.2, 0.25) is 0 Å². The molecule has 2 aliphatic heterocycles. The van der Waals surface area contributed by atoms with Crippen molar-refractivity contribution in [3.8, 4) is 0 Å². The van der Waals surface area contributed by atoms with E-state index in [9.17, 15) is 0 Å². The van der Waals surface area contributed by atoms with Gasteiger partial charge < -0.3 is 0 Å². The lowest BCUT2D eigenvalue weighted by atomic mass is 9.96. The van der Waals surface area contributed by atoms with Crippen LogP contribution in [0.1, 0.15) is 102 Å². The van der Waals surface area contributed by atoms with Gasteiger partial charge in [0, 0.05) is 31.2 Å². The van der Waals surface area contributed by atoms with Crippen LogP contribution >= 0.6 is 0 Å². The van der Waals surface area contributed by atoms with Gasteiger partial charge in [-0.3, -0.25) is 9.80 Å². The van der Waals surface area contributed by atoms with E-state index in [-0.39, 0.29) is 0 Å². The summed E-state index contributed by atoms with van der Waals surface area (Å²) in [5.41, 5.74) is 2.90. The van der Waals surface area contributed by atoms with Crippen molar-refractivity contribution in [3.05, 3.63) is 71.8 Å². The van der Waals surface area contributed by atoms with Gasteiger partial charge in [-0.25, -0.2) is 0 Å². The highest BCUT2D eigenvalue weighted by Gasteiger charge is 2.44. The summed E-state index contributed by atoms with van der Waals surface area (Å²) in [4.78, 5) is 5.76. The summed E-state index contributed by atoms with van der Waals surface area (Å²) in [5, 5.41) is 0. The molecule has 2 aliphatic rings. The zero-order chi connectivity index (χ0) is 23.4. The minimum absolute atomic E-state index is 0.680. The van der Waals surface area contributed by atoms with Crippen molar-refractivity contribution in [1.82, 2.24) is 9.80 Å². The van der Waals surface area contributed by atoms with Crippen molar-refractivity contribution in [3.63, 3.8) is 0 Å². The van der Waals surface area contributed by atoms with Crippen LogP contribution in [0.15, 0.2) is 60.7 Å². The number of unbranched alkanes of at least 4 members (excludes halogenated alkanes) is 7. The molecule has 2 heteroatoms. The van der Waals surface area contributed by atoms with Crippen LogP contribution in [0.4, 0.5) is 0 Å². The van der Waals surface area contributed by atoms with Gasteiger partial charge in [0.15, 0.2) is 0 Å². The summed E-state index contributed by atoms with van der Waals surface area (Å²) in [6.07, 6.45) is 18.4. The Bertz CT molecular complexity index is 748. The third kappa shape index (κ3) is 7.43. The predicted molar refractivity (Wildman–Crippen MR) is 146 cm³/mol. The maximum Gasteiger partial charge on any atom is 0.0273 e. The molecule has 0 N–H and O–H groups in total. The first kappa shape index (κ1) is 25.5. The molecule has 0 spiro atoms. The summed E-state index contributed by atoms with van der Waals surface area (Å²) in [6, 6.07) is 24.5. The highest BCUT2D eigenvalue weighted by atomic mass is 15.3. The zero-order valence-electron chi connectivity index (χ0n) is 21.7. The molecule has 2 saturated heterocycles. The van der Waals surface area contributed by atoms with Crippen LogP contribution in [-0.2, 0) is 13.1 Å². The number of piperidine rings is 1. The van der Waals surface area contributed by atoms with Gasteiger partial charge >= 0.3 is 0 Å². The molecule has 4 rings (SSSR count). The van der Waals surface area contributed by atoms with Gasteiger partial charge in [-0.2, -0.15) is 0 Å². The Morgan fingerprint density at radius 1 is 0.735 bits per heavy atom. The Labute approximate surface area is 209 Å². The minimum Gasteiger partial charge on any atom is -0.296 e. The molecule has 2 aromatic rings. The molecule has 2 heterocycles. The topological polar surface area (TPSA) is 6.48 Å². The Morgan fingerprint density at radius 2 is 1.32 bits per heavy atom. The van der Waals surface area contributed by atoms with E-state index in [4.69, 9.17) is 0 Å². The van der Waals surface area contributed by atoms with Crippen LogP contribution in [-0.4, -0.2) is 34.5 Å². The van der Waals surface area contributed by atoms with E-state index in [1.54, 1.807) is 0 Å². The first-order valence-corrected chi connectivity index (χ1v) is 14.4. The minimum atomic E-state index is 0.680. The third-order valence-electron chi connectivity index (χ3n) is 8.34. The molecular formula is C32H48N2. The Kier molecular flexibility index (Phi) is 10.5. The Balaban J connectivity index is 1.38. The van der Waals surface area contributed by atoms with E-state index in [2.05, 4.69) is 77.4 Å². The summed E-state index contributed by atoms with van der Waals surface area (Å²) in [5.74, 6) is 0. The van der Waals surface area contributed by atoms with Gasteiger partial charge in [-0.15, -0.1) is 0 Å². The highest BCUT2D eigenvalue weighted by Crippen LogP contribution is 2.38. The molecule has 186 valence electrons. The smallest absolute Gasteiger partial charge is 0.0273 e. The van der Waals surface area contributed by atoms with E-state index >= 15 is 0 Å². The lowest BCUT2D eigenvalue weighted by molar-refractivity contribution is 0.0903. The third-order valence-corrected chi connectivity index (χ3v) is 8.34. The lowest BCUT2D eigenvalue weighted by Gasteiger charge is -2.39. The van der Waals surface area contributed by atoms with Gasteiger partial charge in [-0.05, 0) is 43.4 Å². The molecule has 3 atom stereocenters. The molecule has 34 heavy (non-hydrogen) atoms. The standard InChI is InChI=1S/C32H48N2/c1-2-3-4-5-6-7-8-15-22-30-25-32(31-23-16-17-24-34(30)31)33(26-28-18-11-9-12-19-28)27-29-20-13-10-14-21-29/h9-14,18-21,30-32H,2-8,15-17,22-27H2,1H3. The fraction of sp³-hybridized carbons (Fsp3) is 0.625. The lowest BCUT2D eigenvalue weighted by Crippen LogP contribution is -2.47. The average Bonchev–Trinajstić information content (AvgIpc) is 3.25. The SMILES string of the molecule is CCCCCCCCCCC1CC(N(Cc2ccccc2)Cc2ccccc2)C2CCCCN12. The molecule has 0 aromatic heterocycles. The van der Waals surface area contributed by atoms with Gasteiger partial charge in [-0.1, -0.05) is 125 Å². The largest absolute Gasteiger partial charge is 0.296 e. The van der Waals surface area contributed by atoms with Crippen molar-refractivity contribution in [2.24, 2.45) is 0 Å². The maximum atomic E-state index is 2.94. The quantitative estimate of drug-likeness (QED) is 0.262. The fourth-order valence-corrected chi connectivity index (χ4v) is 6.53. The number of hydrogen-bond acceptors (Lipinski definition) is 2. The second-order valence-electron chi connectivity index (χ2n) is 10.9. The second kappa shape index (κ2) is 14.0. The summed E-state index contributed by atoms with van der Waals surface area (Å²) in [7, 11) is 0. The monoisotopic (exact) mass is 460 g/mol. The molecule has 3 unspecified atom stereocenters. The fourth-order valence-electron chi connectivity index (χ4n) is 6.53. The molecular weight excluding hydrogens is 412 g/mol. The van der Waals surface area contributed by atoms with Crippen molar-refractivity contribution in [2.75, 3.05) is 6.54 Å². The van der Waals surface area contributed by atoms with Crippen molar-refractivity contribution in [2.45, 2.75) is 122 Å². The van der Waals surface area contributed by atoms with E-state index in [1.807, 2.05) is 0 Å². The molecule has 0 bridgehead atoms. The molecule has 2 fully saturated rings. The molecule has 0 aliphatic carbocycles. The number of nitrogens with zero attached hydrogens (tertiary/aromatic N) is 2. The first-order valence-electron chi connectivity index (χ1n) is 14.4. The number of benzene rings is 2. The van der Waals surface area contributed by atoms with E-state index in [1.165, 1.54) is 101 Å². The summed E-state index contributed by atoms with van der Waals surface area (Å²) >= 11 is 0. The van der Waals surface area contributed by atoms with E-state index in [0.29, 0.717) is 6.04 Å². The van der Waals surface area contributed by atoms with Crippen molar-refractivity contribution >= 4 is 0 Å². The van der Waals surface area contributed by atoms with Crippen LogP contribution in [0.25, 0.3) is 0 Å². The van der Waals surface area contributed by atoms with Crippen LogP contribution in [0.5, 0.6) is 0 Å². The number of hydrogen-bond donors (Lipinski definition) is 0. The van der Waals surface area contributed by atoms with Crippen LogP contribution in [0.3, 0.4) is 0 Å². The van der Waals surface area contributed by atoms with E-state index in [0.717, 1.165) is 25.2 Å². The van der Waals surface area contributed by atoms with Gasteiger partial charge in [0.1, 0.15) is 0 Å². The zero-order valence-corrected chi connectivity index (χ0v) is 21.7. The molecule has 0 radical (unpaired) electrons. The van der Waals surface area contributed by atoms with Gasteiger partial charge in [0.25, 0.3) is 0 Å². The normalized spacial score (nSPS) is 22.8. The predicted octanol–water partition coefficient (Wildman–Crippen LogP) is 8.22. The molecule has 0 amide bonds. The average molecular weight is 461 g/mol. The Morgan fingerprint density at radius 3 is 1.94 bits per heavy atom. The molecule has 0 saturated carbocycles. The number of fused-ring (bicyclic) bond motifs is 1. The highest BCUT2D eigenvalue weighted by molar-refractivity contribution is 5.18. The van der Waals surface area contributed by atoms with Crippen LogP contribution < -0.4 is 0 Å². The summed E-state index contributed by atoms with van der Waals surface area (Å²) < 4.78 is 0. The second-order valence-corrected chi connectivity index (χ2v) is 10.9. The molecule has 2 nitrogen and oxygen atoms in total. The maximum absolute atomic E-state index is 2.94. The van der Waals surface area contributed by atoms with Crippen molar-refractivity contribution in [1.29, 1.82) is 0 Å². The summed E-state index contributed by atoms with van der Waals surface area (Å²) in [6.45, 7) is 5.77. The van der Waals surface area contributed by atoms with Gasteiger partial charge in [0.2, 0.25) is 0 Å². The van der Waals surface area contributed by atoms with Crippen LogP contribution in [0, 0.1) is 0 Å². The van der Waals surface area contributed by atoms with E-state index < -0.39 is 0 Å². The van der Waals surface area contributed by atoms with Crippen molar-refractivity contribution < 1.29 is 0 Å².